The molecule has 0 aliphatic rings. The molecule has 2 aromatic heterocycles. The minimum atomic E-state index is -0.484. The Bertz CT molecular complexity index is 425. The number of imidazole rings is 1. The molecule has 0 spiro atoms. The quantitative estimate of drug-likeness (QED) is 0.768. The van der Waals surface area contributed by atoms with Crippen molar-refractivity contribution in [3.8, 4) is 5.82 Å². The van der Waals surface area contributed by atoms with Crippen LogP contribution in [0, 0.1) is 5.82 Å². The van der Waals surface area contributed by atoms with E-state index in [1.807, 2.05) is 0 Å². The average Bonchev–Trinajstić information content (AvgIpc) is 2.71. The minimum Gasteiger partial charge on any atom is -0.357 e. The zero-order valence-electron chi connectivity index (χ0n) is 7.48. The Morgan fingerprint density at radius 3 is 3.00 bits per heavy atom. The molecule has 6 heteroatoms. The van der Waals surface area contributed by atoms with Gasteiger partial charge in [-0.3, -0.25) is 4.57 Å². The lowest BCUT2D eigenvalue weighted by atomic mass is 10.5. The first-order valence-electron chi connectivity index (χ1n) is 4.00. The first-order valence-corrected chi connectivity index (χ1v) is 4.00. The molecule has 0 radical (unpaired) electrons. The van der Waals surface area contributed by atoms with Crippen LogP contribution in [0.5, 0.6) is 0 Å². The van der Waals surface area contributed by atoms with E-state index < -0.39 is 5.82 Å². The molecular weight excluding hydrogens is 185 g/mol. The zero-order chi connectivity index (χ0) is 9.97. The van der Waals surface area contributed by atoms with Gasteiger partial charge in [0.05, 0.1) is 6.20 Å². The summed E-state index contributed by atoms with van der Waals surface area (Å²) in [5.41, 5.74) is 0. The summed E-state index contributed by atoms with van der Waals surface area (Å²) in [5.74, 6) is 0.0685. The van der Waals surface area contributed by atoms with Gasteiger partial charge in [-0.2, -0.15) is 4.98 Å². The molecule has 2 rings (SSSR count). The van der Waals surface area contributed by atoms with E-state index in [-0.39, 0.29) is 5.82 Å². The van der Waals surface area contributed by atoms with Crippen LogP contribution in [0.25, 0.3) is 5.82 Å². The number of anilines is 1. The molecule has 2 aromatic rings. The van der Waals surface area contributed by atoms with Crippen molar-refractivity contribution in [1.82, 2.24) is 19.5 Å². The predicted octanol–water partition coefficient (Wildman–Crippen LogP) is 0.843. The van der Waals surface area contributed by atoms with E-state index in [9.17, 15) is 4.39 Å². The summed E-state index contributed by atoms with van der Waals surface area (Å²) >= 11 is 0. The van der Waals surface area contributed by atoms with E-state index >= 15 is 0 Å². The van der Waals surface area contributed by atoms with Gasteiger partial charge in [-0.1, -0.05) is 0 Å². The molecule has 14 heavy (non-hydrogen) atoms. The highest BCUT2D eigenvalue weighted by atomic mass is 19.1. The molecule has 0 unspecified atom stereocenters. The molecule has 0 atom stereocenters. The number of rotatable bonds is 2. The number of nitrogens with one attached hydrogen (secondary N) is 1. The van der Waals surface area contributed by atoms with Gasteiger partial charge in [0.15, 0.2) is 11.6 Å². The fourth-order valence-electron chi connectivity index (χ4n) is 1.04. The van der Waals surface area contributed by atoms with Crippen molar-refractivity contribution < 1.29 is 4.39 Å². The Morgan fingerprint density at radius 2 is 2.36 bits per heavy atom. The molecule has 2 heterocycles. The zero-order valence-corrected chi connectivity index (χ0v) is 7.48. The van der Waals surface area contributed by atoms with Gasteiger partial charge in [-0.05, 0) is 0 Å². The fourth-order valence-corrected chi connectivity index (χ4v) is 1.04. The van der Waals surface area contributed by atoms with Crippen LogP contribution in [-0.4, -0.2) is 26.6 Å². The van der Waals surface area contributed by atoms with E-state index in [1.54, 1.807) is 19.4 Å². The topological polar surface area (TPSA) is 55.6 Å². The van der Waals surface area contributed by atoms with Crippen molar-refractivity contribution in [2.45, 2.75) is 0 Å². The number of hydrogen-bond donors (Lipinski definition) is 1. The van der Waals surface area contributed by atoms with Crippen LogP contribution in [0.1, 0.15) is 0 Å². The summed E-state index contributed by atoms with van der Waals surface area (Å²) < 4.78 is 14.8. The first-order chi connectivity index (χ1) is 6.81. The third-order valence-corrected chi connectivity index (χ3v) is 1.70. The maximum absolute atomic E-state index is 13.3. The van der Waals surface area contributed by atoms with Gasteiger partial charge in [0.1, 0.15) is 6.33 Å². The molecule has 0 saturated carbocycles. The van der Waals surface area contributed by atoms with Crippen molar-refractivity contribution in [2.75, 3.05) is 12.4 Å². The van der Waals surface area contributed by atoms with E-state index in [1.165, 1.54) is 10.9 Å². The number of halogens is 1. The maximum atomic E-state index is 13.3. The molecule has 0 amide bonds. The largest absolute Gasteiger partial charge is 0.357 e. The lowest BCUT2D eigenvalue weighted by molar-refractivity contribution is 0.602. The Kier molecular flexibility index (Phi) is 2.10. The van der Waals surface area contributed by atoms with Crippen LogP contribution in [0.2, 0.25) is 0 Å². The van der Waals surface area contributed by atoms with E-state index in [2.05, 4.69) is 20.3 Å². The van der Waals surface area contributed by atoms with Crippen LogP contribution >= 0.6 is 0 Å². The lowest BCUT2D eigenvalue weighted by Crippen LogP contribution is -2.04. The standard InChI is InChI=1S/C8H8FN5/c1-10-8-12-4-6(9)7(13-8)14-3-2-11-5-14/h2-5H,1H3,(H,10,12,13). The first kappa shape index (κ1) is 8.61. The van der Waals surface area contributed by atoms with Crippen molar-refractivity contribution in [2.24, 2.45) is 0 Å². The summed E-state index contributed by atoms with van der Waals surface area (Å²) in [4.78, 5) is 11.5. The average molecular weight is 193 g/mol. The monoisotopic (exact) mass is 193 g/mol. The molecule has 0 aliphatic heterocycles. The second-order valence-electron chi connectivity index (χ2n) is 2.59. The van der Waals surface area contributed by atoms with Crippen LogP contribution in [0.15, 0.2) is 24.9 Å². The van der Waals surface area contributed by atoms with Gasteiger partial charge in [0.25, 0.3) is 0 Å². The van der Waals surface area contributed by atoms with Gasteiger partial charge in [-0.25, -0.2) is 14.4 Å². The highest BCUT2D eigenvalue weighted by molar-refractivity contribution is 5.32. The SMILES string of the molecule is CNc1ncc(F)c(-n2ccnc2)n1. The summed E-state index contributed by atoms with van der Waals surface area (Å²) in [6.45, 7) is 0. The normalized spacial score (nSPS) is 10.1. The van der Waals surface area contributed by atoms with Crippen LogP contribution in [0.3, 0.4) is 0 Å². The molecular formula is C8H8FN5. The molecule has 5 nitrogen and oxygen atoms in total. The lowest BCUT2D eigenvalue weighted by Gasteiger charge is -2.04. The van der Waals surface area contributed by atoms with Gasteiger partial charge in [-0.15, -0.1) is 0 Å². The number of aromatic nitrogens is 4. The summed E-state index contributed by atoms with van der Waals surface area (Å²) in [6, 6.07) is 0. The van der Waals surface area contributed by atoms with Crippen molar-refractivity contribution in [1.29, 1.82) is 0 Å². The van der Waals surface area contributed by atoms with Crippen LogP contribution in [0.4, 0.5) is 10.3 Å². The number of hydrogen-bond acceptors (Lipinski definition) is 4. The van der Waals surface area contributed by atoms with Crippen molar-refractivity contribution in [3.05, 3.63) is 30.7 Å². The molecule has 1 N–H and O–H groups in total. The Balaban J connectivity index is 2.51. The summed E-state index contributed by atoms with van der Waals surface area (Å²) in [6.07, 6.45) is 5.77. The predicted molar refractivity (Wildman–Crippen MR) is 48.7 cm³/mol. The van der Waals surface area contributed by atoms with Gasteiger partial charge in [0.2, 0.25) is 5.95 Å². The second-order valence-corrected chi connectivity index (χ2v) is 2.59. The fraction of sp³-hybridized carbons (Fsp3) is 0.125. The van der Waals surface area contributed by atoms with E-state index in [4.69, 9.17) is 0 Å². The minimum absolute atomic E-state index is 0.182. The maximum Gasteiger partial charge on any atom is 0.224 e. The second kappa shape index (κ2) is 3.41. The van der Waals surface area contributed by atoms with Gasteiger partial charge in [0, 0.05) is 19.4 Å². The number of nitrogens with zero attached hydrogens (tertiary/aromatic N) is 4. The molecule has 72 valence electrons. The molecule has 0 aliphatic carbocycles. The van der Waals surface area contributed by atoms with E-state index in [0.717, 1.165) is 6.20 Å². The van der Waals surface area contributed by atoms with Crippen molar-refractivity contribution >= 4 is 5.95 Å². The molecule has 0 saturated heterocycles. The summed E-state index contributed by atoms with van der Waals surface area (Å²) in [5, 5.41) is 2.73. The molecule has 0 aromatic carbocycles. The highest BCUT2D eigenvalue weighted by Gasteiger charge is 2.07. The third kappa shape index (κ3) is 1.41. The van der Waals surface area contributed by atoms with Crippen molar-refractivity contribution in [3.63, 3.8) is 0 Å². The highest BCUT2D eigenvalue weighted by Crippen LogP contribution is 2.10. The molecule has 0 fully saturated rings. The third-order valence-electron chi connectivity index (χ3n) is 1.70. The summed E-state index contributed by atoms with van der Waals surface area (Å²) in [7, 11) is 1.67. The van der Waals surface area contributed by atoms with Crippen LogP contribution < -0.4 is 5.32 Å². The Hall–Kier alpha value is -1.98. The van der Waals surface area contributed by atoms with Gasteiger partial charge >= 0.3 is 0 Å². The molecule has 0 bridgehead atoms. The smallest absolute Gasteiger partial charge is 0.224 e. The Morgan fingerprint density at radius 1 is 1.50 bits per heavy atom. The Labute approximate surface area is 79.6 Å². The van der Waals surface area contributed by atoms with E-state index in [0.29, 0.717) is 5.95 Å². The van der Waals surface area contributed by atoms with Crippen LogP contribution in [-0.2, 0) is 0 Å². The van der Waals surface area contributed by atoms with Gasteiger partial charge < -0.3 is 5.32 Å².